The smallest absolute Gasteiger partial charge is 0.410 e. The first-order chi connectivity index (χ1) is 17.3. The van der Waals surface area contributed by atoms with Gasteiger partial charge in [-0.15, -0.1) is 0 Å². The molecule has 36 heavy (non-hydrogen) atoms. The van der Waals surface area contributed by atoms with Crippen LogP contribution in [0.2, 0.25) is 0 Å². The quantitative estimate of drug-likeness (QED) is 0.352. The fourth-order valence-corrected chi connectivity index (χ4v) is 4.74. The maximum atomic E-state index is 12.7. The van der Waals surface area contributed by atoms with Gasteiger partial charge in [0.25, 0.3) is 0 Å². The second-order valence-corrected chi connectivity index (χ2v) is 10.8. The van der Waals surface area contributed by atoms with Crippen molar-refractivity contribution in [1.82, 2.24) is 9.80 Å². The zero-order chi connectivity index (χ0) is 25.5. The lowest BCUT2D eigenvalue weighted by molar-refractivity contribution is 0.0270. The summed E-state index contributed by atoms with van der Waals surface area (Å²) in [6.07, 6.45) is 8.61. The van der Waals surface area contributed by atoms with Crippen LogP contribution in [0.3, 0.4) is 0 Å². The lowest BCUT2D eigenvalue weighted by atomic mass is 9.94. The molecule has 0 saturated carbocycles. The van der Waals surface area contributed by atoms with Crippen molar-refractivity contribution in [2.75, 3.05) is 26.2 Å². The predicted molar refractivity (Wildman–Crippen MR) is 145 cm³/mol. The van der Waals surface area contributed by atoms with Crippen LogP contribution in [0.1, 0.15) is 61.5 Å². The van der Waals surface area contributed by atoms with E-state index < -0.39 is 5.60 Å². The van der Waals surface area contributed by atoms with Gasteiger partial charge in [-0.05, 0) is 81.8 Å². The minimum Gasteiger partial charge on any atom is -0.444 e. The molecule has 2 heterocycles. The van der Waals surface area contributed by atoms with Crippen molar-refractivity contribution in [2.24, 2.45) is 5.92 Å². The molecule has 0 aromatic heterocycles. The van der Waals surface area contributed by atoms with Crippen LogP contribution < -0.4 is 0 Å². The molecule has 1 amide bonds. The first-order valence-corrected chi connectivity index (χ1v) is 13.0. The molecule has 0 atom stereocenters. The van der Waals surface area contributed by atoms with Crippen molar-refractivity contribution in [3.63, 3.8) is 0 Å². The largest absolute Gasteiger partial charge is 0.444 e. The second-order valence-electron chi connectivity index (χ2n) is 10.8. The Balaban J connectivity index is 1.25. The molecule has 2 aromatic carbocycles. The molecule has 2 aromatic rings. The number of carbonyl (C=O) groups is 2. The zero-order valence-corrected chi connectivity index (χ0v) is 21.8. The van der Waals surface area contributed by atoms with Gasteiger partial charge in [0.2, 0.25) is 0 Å². The molecule has 0 spiro atoms. The van der Waals surface area contributed by atoms with E-state index in [-0.39, 0.29) is 11.9 Å². The Morgan fingerprint density at radius 2 is 1.67 bits per heavy atom. The summed E-state index contributed by atoms with van der Waals surface area (Å²) in [6, 6.07) is 18.4. The number of hydrogen-bond acceptors (Lipinski definition) is 4. The molecule has 2 aliphatic heterocycles. The third-order valence-electron chi connectivity index (χ3n) is 6.80. The Kier molecular flexibility index (Phi) is 8.42. The summed E-state index contributed by atoms with van der Waals surface area (Å²) in [5.41, 5.74) is 3.88. The number of rotatable bonds is 6. The fourth-order valence-electron chi connectivity index (χ4n) is 4.74. The molecule has 0 bridgehead atoms. The van der Waals surface area contributed by atoms with E-state index in [1.807, 2.05) is 45.0 Å². The topological polar surface area (TPSA) is 49.9 Å². The maximum Gasteiger partial charge on any atom is 0.410 e. The van der Waals surface area contributed by atoms with E-state index in [0.29, 0.717) is 24.6 Å². The van der Waals surface area contributed by atoms with Gasteiger partial charge in [0.15, 0.2) is 5.78 Å². The molecule has 1 fully saturated rings. The van der Waals surface area contributed by atoms with Crippen LogP contribution in [-0.2, 0) is 11.3 Å². The summed E-state index contributed by atoms with van der Waals surface area (Å²) < 4.78 is 5.47. The monoisotopic (exact) mass is 486 g/mol. The molecule has 0 N–H and O–H groups in total. The van der Waals surface area contributed by atoms with Crippen LogP contribution in [0.15, 0.2) is 72.8 Å². The van der Waals surface area contributed by atoms with E-state index in [1.165, 1.54) is 11.1 Å². The molecule has 1 saturated heterocycles. The average Bonchev–Trinajstić information content (AvgIpc) is 2.88. The van der Waals surface area contributed by atoms with Crippen LogP contribution in [0.4, 0.5) is 4.79 Å². The van der Waals surface area contributed by atoms with Gasteiger partial charge in [-0.1, -0.05) is 66.7 Å². The summed E-state index contributed by atoms with van der Waals surface area (Å²) in [4.78, 5) is 29.2. The number of allylic oxidation sites excluding steroid dienone is 2. The highest BCUT2D eigenvalue weighted by molar-refractivity contribution is 6.04. The molecule has 0 radical (unpaired) electrons. The highest BCUT2D eigenvalue weighted by Crippen LogP contribution is 2.25. The number of carbonyl (C=O) groups excluding carboxylic acids is 2. The van der Waals surface area contributed by atoms with Gasteiger partial charge in [0.05, 0.1) is 0 Å². The Bertz CT molecular complexity index is 1090. The zero-order valence-electron chi connectivity index (χ0n) is 21.8. The second kappa shape index (κ2) is 11.7. The Morgan fingerprint density at radius 1 is 0.972 bits per heavy atom. The van der Waals surface area contributed by atoms with Gasteiger partial charge >= 0.3 is 6.09 Å². The SMILES string of the molecule is CC(C)(C)OC(=O)N1CC=C(c2ccc(C(=O)/C=C/C3CCN(Cc4ccccc4)CC3)cc2)CC1. The fraction of sp³-hybridized carbons (Fsp3) is 0.419. The summed E-state index contributed by atoms with van der Waals surface area (Å²) >= 11 is 0. The number of benzene rings is 2. The van der Waals surface area contributed by atoms with Crippen molar-refractivity contribution in [2.45, 2.75) is 52.2 Å². The van der Waals surface area contributed by atoms with Crippen molar-refractivity contribution < 1.29 is 14.3 Å². The summed E-state index contributed by atoms with van der Waals surface area (Å²) in [6.45, 7) is 9.93. The van der Waals surface area contributed by atoms with Gasteiger partial charge in [-0.25, -0.2) is 4.79 Å². The summed E-state index contributed by atoms with van der Waals surface area (Å²) in [5.74, 6) is 0.516. The van der Waals surface area contributed by atoms with Crippen molar-refractivity contribution in [3.05, 3.63) is 89.5 Å². The molecule has 2 aliphatic rings. The lowest BCUT2D eigenvalue weighted by Gasteiger charge is -2.30. The minimum atomic E-state index is -0.489. The molecular weight excluding hydrogens is 448 g/mol. The predicted octanol–water partition coefficient (Wildman–Crippen LogP) is 6.36. The van der Waals surface area contributed by atoms with E-state index in [4.69, 9.17) is 4.74 Å². The molecule has 190 valence electrons. The number of amides is 1. The Labute approximate surface area is 215 Å². The van der Waals surface area contributed by atoms with Crippen LogP contribution in [0.25, 0.3) is 5.57 Å². The third-order valence-corrected chi connectivity index (χ3v) is 6.80. The van der Waals surface area contributed by atoms with Crippen LogP contribution in [0, 0.1) is 5.92 Å². The molecule has 4 rings (SSSR count). The summed E-state index contributed by atoms with van der Waals surface area (Å²) in [7, 11) is 0. The highest BCUT2D eigenvalue weighted by Gasteiger charge is 2.24. The van der Waals surface area contributed by atoms with Gasteiger partial charge in [-0.3, -0.25) is 9.69 Å². The van der Waals surface area contributed by atoms with E-state index >= 15 is 0 Å². The standard InChI is InChI=1S/C31H38N2O3/c1-31(2,3)36-30(35)33-21-17-27(18-22-33)26-10-12-28(13-11-26)29(34)14-9-24-15-19-32(20-16-24)23-25-7-5-4-6-8-25/h4-14,17,24H,15-16,18-23H2,1-3H3/b14-9+. The van der Waals surface area contributed by atoms with Crippen LogP contribution in [-0.4, -0.2) is 53.5 Å². The number of piperidine rings is 1. The van der Waals surface area contributed by atoms with Gasteiger partial charge < -0.3 is 9.64 Å². The maximum absolute atomic E-state index is 12.7. The number of hydrogen-bond donors (Lipinski definition) is 0. The Morgan fingerprint density at radius 3 is 2.28 bits per heavy atom. The summed E-state index contributed by atoms with van der Waals surface area (Å²) in [5, 5.41) is 0. The van der Waals surface area contributed by atoms with Crippen molar-refractivity contribution in [3.8, 4) is 0 Å². The molecule has 5 heteroatoms. The highest BCUT2D eigenvalue weighted by atomic mass is 16.6. The normalized spacial score (nSPS) is 17.8. The number of ketones is 1. The number of nitrogens with zero attached hydrogens (tertiary/aromatic N) is 2. The van der Waals surface area contributed by atoms with Gasteiger partial charge in [0, 0.05) is 25.2 Å². The molecular formula is C31H38N2O3. The molecule has 0 unspecified atom stereocenters. The minimum absolute atomic E-state index is 0.0574. The lowest BCUT2D eigenvalue weighted by Crippen LogP contribution is -2.39. The van der Waals surface area contributed by atoms with Gasteiger partial charge in [0.1, 0.15) is 5.60 Å². The third kappa shape index (κ3) is 7.41. The van der Waals surface area contributed by atoms with E-state index in [1.54, 1.807) is 11.0 Å². The van der Waals surface area contributed by atoms with Crippen LogP contribution in [0.5, 0.6) is 0 Å². The van der Waals surface area contributed by atoms with Crippen molar-refractivity contribution >= 4 is 17.4 Å². The Hall–Kier alpha value is -3.18. The number of likely N-dealkylation sites (tertiary alicyclic amines) is 1. The van der Waals surface area contributed by atoms with Crippen LogP contribution >= 0.6 is 0 Å². The number of ether oxygens (including phenoxy) is 1. The van der Waals surface area contributed by atoms with Gasteiger partial charge in [-0.2, -0.15) is 0 Å². The molecule has 0 aliphatic carbocycles. The average molecular weight is 487 g/mol. The van der Waals surface area contributed by atoms with Crippen molar-refractivity contribution in [1.29, 1.82) is 0 Å². The van der Waals surface area contributed by atoms with E-state index in [9.17, 15) is 9.59 Å². The van der Waals surface area contributed by atoms with E-state index in [0.717, 1.165) is 44.5 Å². The molecule has 5 nitrogen and oxygen atoms in total. The first kappa shape index (κ1) is 25.9. The van der Waals surface area contributed by atoms with E-state index in [2.05, 4.69) is 47.4 Å². The first-order valence-electron chi connectivity index (χ1n) is 13.0.